The van der Waals surface area contributed by atoms with E-state index in [9.17, 15) is 4.39 Å². The van der Waals surface area contributed by atoms with E-state index in [0.717, 1.165) is 24.3 Å². The molecule has 0 radical (unpaired) electrons. The lowest BCUT2D eigenvalue weighted by Gasteiger charge is -2.51. The molecule has 2 bridgehead atoms. The van der Waals surface area contributed by atoms with Gasteiger partial charge in [0, 0.05) is 12.1 Å². The maximum atomic E-state index is 12.8. The van der Waals surface area contributed by atoms with E-state index in [0.29, 0.717) is 6.04 Å². The van der Waals surface area contributed by atoms with Crippen LogP contribution in [0.25, 0.3) is 0 Å². The van der Waals surface area contributed by atoms with Crippen molar-refractivity contribution in [3.05, 3.63) is 35.6 Å². The molecular weight excluding hydrogens is 213 g/mol. The number of aryl methyl sites for hydroxylation is 1. The van der Waals surface area contributed by atoms with E-state index in [4.69, 9.17) is 0 Å². The number of benzene rings is 1. The number of rotatable bonds is 3. The van der Waals surface area contributed by atoms with Crippen molar-refractivity contribution in [2.45, 2.75) is 44.7 Å². The normalized spacial score (nSPS) is 35.4. The second kappa shape index (κ2) is 4.41. The number of hydrogen-bond acceptors (Lipinski definition) is 1. The number of fused-ring (bicyclic) bond motifs is 2. The fourth-order valence-electron chi connectivity index (χ4n) is 3.33. The summed E-state index contributed by atoms with van der Waals surface area (Å²) >= 11 is 0. The summed E-state index contributed by atoms with van der Waals surface area (Å²) in [6.45, 7) is 2.38. The standard InChI is InChI=1S/C15H20FN/c1-10-12-8-14(9-12)17-15(10)7-4-11-2-5-13(16)6-3-11/h2-3,5-6,10,12,14-15,17H,4,7-9H2,1H3/t10-,12?,14?,15-/m1/s1. The first-order chi connectivity index (χ1) is 8.22. The predicted octanol–water partition coefficient (Wildman–Crippen LogP) is 3.14. The molecule has 1 aliphatic carbocycles. The van der Waals surface area contributed by atoms with Gasteiger partial charge >= 0.3 is 0 Å². The zero-order valence-corrected chi connectivity index (χ0v) is 10.3. The molecule has 2 heterocycles. The SMILES string of the molecule is C[C@@H]1C2CC(C2)N[C@@H]1CCc1ccc(F)cc1. The van der Waals surface area contributed by atoms with Crippen LogP contribution in [0.1, 0.15) is 31.7 Å². The van der Waals surface area contributed by atoms with Crippen molar-refractivity contribution in [2.75, 3.05) is 0 Å². The molecule has 1 saturated carbocycles. The fraction of sp³-hybridized carbons (Fsp3) is 0.600. The Labute approximate surface area is 102 Å². The average molecular weight is 233 g/mol. The van der Waals surface area contributed by atoms with Gasteiger partial charge in [-0.3, -0.25) is 0 Å². The first-order valence-corrected chi connectivity index (χ1v) is 6.73. The quantitative estimate of drug-likeness (QED) is 0.845. The van der Waals surface area contributed by atoms with Crippen LogP contribution in [0.5, 0.6) is 0 Å². The molecule has 0 aromatic heterocycles. The molecule has 0 spiro atoms. The van der Waals surface area contributed by atoms with Gasteiger partial charge in [0.1, 0.15) is 5.82 Å². The highest BCUT2D eigenvalue weighted by Crippen LogP contribution is 2.41. The van der Waals surface area contributed by atoms with Gasteiger partial charge in [0.25, 0.3) is 0 Å². The summed E-state index contributed by atoms with van der Waals surface area (Å²) in [4.78, 5) is 0. The van der Waals surface area contributed by atoms with Crippen molar-refractivity contribution in [3.63, 3.8) is 0 Å². The highest BCUT2D eigenvalue weighted by molar-refractivity contribution is 5.16. The van der Waals surface area contributed by atoms with Gasteiger partial charge in [0.15, 0.2) is 0 Å². The molecule has 4 rings (SSSR count). The van der Waals surface area contributed by atoms with E-state index >= 15 is 0 Å². The summed E-state index contributed by atoms with van der Waals surface area (Å²) in [5.41, 5.74) is 1.25. The number of piperidine rings is 2. The highest BCUT2D eigenvalue weighted by atomic mass is 19.1. The van der Waals surface area contributed by atoms with Crippen LogP contribution in [0.3, 0.4) is 0 Å². The Morgan fingerprint density at radius 1 is 1.24 bits per heavy atom. The zero-order chi connectivity index (χ0) is 11.8. The van der Waals surface area contributed by atoms with Crippen LogP contribution < -0.4 is 5.32 Å². The minimum Gasteiger partial charge on any atom is -0.311 e. The summed E-state index contributed by atoms with van der Waals surface area (Å²) in [7, 11) is 0. The third-order valence-corrected chi connectivity index (χ3v) is 4.66. The van der Waals surface area contributed by atoms with Gasteiger partial charge in [-0.1, -0.05) is 19.1 Å². The second-order valence-electron chi connectivity index (χ2n) is 5.73. The maximum Gasteiger partial charge on any atom is 0.123 e. The molecule has 0 unspecified atom stereocenters. The van der Waals surface area contributed by atoms with Crippen molar-refractivity contribution >= 4 is 0 Å². The van der Waals surface area contributed by atoms with E-state index in [2.05, 4.69) is 12.2 Å². The zero-order valence-electron chi connectivity index (χ0n) is 10.3. The van der Waals surface area contributed by atoms with Gasteiger partial charge in [-0.25, -0.2) is 4.39 Å². The smallest absolute Gasteiger partial charge is 0.123 e. The summed E-state index contributed by atoms with van der Waals surface area (Å²) in [6.07, 6.45) is 5.00. The van der Waals surface area contributed by atoms with Gasteiger partial charge in [0.2, 0.25) is 0 Å². The molecule has 17 heavy (non-hydrogen) atoms. The molecule has 92 valence electrons. The third-order valence-electron chi connectivity index (χ3n) is 4.66. The van der Waals surface area contributed by atoms with Gasteiger partial charge in [-0.2, -0.15) is 0 Å². The minimum absolute atomic E-state index is 0.140. The van der Waals surface area contributed by atoms with Crippen LogP contribution in [0.4, 0.5) is 4.39 Å². The summed E-state index contributed by atoms with van der Waals surface area (Å²) in [5.74, 6) is 1.62. The minimum atomic E-state index is -0.140. The van der Waals surface area contributed by atoms with Crippen LogP contribution in [0.15, 0.2) is 24.3 Å². The topological polar surface area (TPSA) is 12.0 Å². The Balaban J connectivity index is 1.55. The molecule has 1 N–H and O–H groups in total. The third kappa shape index (κ3) is 2.23. The number of hydrogen-bond donors (Lipinski definition) is 1. The Morgan fingerprint density at radius 3 is 2.59 bits per heavy atom. The lowest BCUT2D eigenvalue weighted by Crippen LogP contribution is -2.58. The summed E-state index contributed by atoms with van der Waals surface area (Å²) in [5, 5.41) is 3.74. The molecular formula is C15H20FN. The molecule has 0 amide bonds. The average Bonchev–Trinajstić information content (AvgIpc) is 2.28. The monoisotopic (exact) mass is 233 g/mol. The van der Waals surface area contributed by atoms with Crippen LogP contribution in [-0.4, -0.2) is 12.1 Å². The largest absolute Gasteiger partial charge is 0.311 e. The van der Waals surface area contributed by atoms with Crippen LogP contribution in [-0.2, 0) is 6.42 Å². The fourth-order valence-corrected chi connectivity index (χ4v) is 3.33. The maximum absolute atomic E-state index is 12.8. The molecule has 2 saturated heterocycles. The van der Waals surface area contributed by atoms with Crippen LogP contribution in [0.2, 0.25) is 0 Å². The molecule has 3 aliphatic rings. The number of nitrogens with one attached hydrogen (secondary N) is 1. The van der Waals surface area contributed by atoms with Crippen molar-refractivity contribution in [2.24, 2.45) is 11.8 Å². The lowest BCUT2D eigenvalue weighted by molar-refractivity contribution is 0.0509. The summed E-state index contributed by atoms with van der Waals surface area (Å²) in [6, 6.07) is 8.38. The molecule has 2 atom stereocenters. The van der Waals surface area contributed by atoms with Crippen molar-refractivity contribution in [1.29, 1.82) is 0 Å². The van der Waals surface area contributed by atoms with Crippen LogP contribution >= 0.6 is 0 Å². The van der Waals surface area contributed by atoms with Gasteiger partial charge in [-0.05, 0) is 55.2 Å². The Kier molecular flexibility index (Phi) is 2.91. The Hall–Kier alpha value is -0.890. The van der Waals surface area contributed by atoms with Crippen molar-refractivity contribution in [3.8, 4) is 0 Å². The van der Waals surface area contributed by atoms with E-state index in [1.807, 2.05) is 12.1 Å². The van der Waals surface area contributed by atoms with E-state index in [1.54, 1.807) is 12.1 Å². The molecule has 2 heteroatoms. The number of halogens is 1. The first kappa shape index (κ1) is 11.2. The Bertz CT molecular complexity index is 380. The molecule has 2 aliphatic heterocycles. The van der Waals surface area contributed by atoms with Gasteiger partial charge < -0.3 is 5.32 Å². The van der Waals surface area contributed by atoms with Gasteiger partial charge in [-0.15, -0.1) is 0 Å². The Morgan fingerprint density at radius 2 is 1.94 bits per heavy atom. The first-order valence-electron chi connectivity index (χ1n) is 6.73. The van der Waals surface area contributed by atoms with Crippen molar-refractivity contribution < 1.29 is 4.39 Å². The molecule has 3 fully saturated rings. The predicted molar refractivity (Wildman–Crippen MR) is 67.3 cm³/mol. The summed E-state index contributed by atoms with van der Waals surface area (Å²) < 4.78 is 12.8. The highest BCUT2D eigenvalue weighted by Gasteiger charge is 2.42. The van der Waals surface area contributed by atoms with E-state index < -0.39 is 0 Å². The van der Waals surface area contributed by atoms with E-state index in [-0.39, 0.29) is 5.82 Å². The molecule has 1 aromatic carbocycles. The second-order valence-corrected chi connectivity index (χ2v) is 5.73. The lowest BCUT2D eigenvalue weighted by atomic mass is 9.65. The molecule has 1 nitrogen and oxygen atoms in total. The van der Waals surface area contributed by atoms with Crippen molar-refractivity contribution in [1.82, 2.24) is 5.32 Å². The van der Waals surface area contributed by atoms with Gasteiger partial charge in [0.05, 0.1) is 0 Å². The van der Waals surface area contributed by atoms with Crippen LogP contribution in [0, 0.1) is 17.7 Å². The molecule has 1 aromatic rings. The van der Waals surface area contributed by atoms with E-state index in [1.165, 1.54) is 24.8 Å².